The molecule has 1 aromatic carbocycles. The quantitative estimate of drug-likeness (QED) is 0.710. The normalized spacial score (nSPS) is 15.0. The summed E-state index contributed by atoms with van der Waals surface area (Å²) in [5, 5.41) is 12.0. The summed E-state index contributed by atoms with van der Waals surface area (Å²) in [6.07, 6.45) is 1.65. The van der Waals surface area contributed by atoms with Gasteiger partial charge in [-0.15, -0.1) is 0 Å². The first-order valence-corrected chi connectivity index (χ1v) is 8.59. The molecule has 7 nitrogen and oxygen atoms in total. The van der Waals surface area contributed by atoms with Crippen LogP contribution in [0.1, 0.15) is 50.4 Å². The molecule has 1 fully saturated rings. The number of hydrogen-bond donors (Lipinski definition) is 2. The zero-order chi connectivity index (χ0) is 18.4. The van der Waals surface area contributed by atoms with Crippen molar-refractivity contribution in [3.05, 3.63) is 17.7 Å². The number of carbonyl (C=O) groups is 2. The second-order valence-electron chi connectivity index (χ2n) is 5.80. The minimum Gasteiger partial charge on any atom is -0.490 e. The molecule has 1 amide bonds. The molecular weight excluding hydrogens is 326 g/mol. The molecule has 0 spiro atoms. The van der Waals surface area contributed by atoms with Crippen LogP contribution in [0.15, 0.2) is 12.1 Å². The first-order valence-electron chi connectivity index (χ1n) is 8.59. The van der Waals surface area contributed by atoms with Gasteiger partial charge in [-0.1, -0.05) is 0 Å². The number of hydrogen-bond acceptors (Lipinski definition) is 5. The number of carbonyl (C=O) groups excluding carboxylic acids is 1. The van der Waals surface area contributed by atoms with E-state index in [0.717, 1.165) is 6.42 Å². The van der Waals surface area contributed by atoms with E-state index >= 15 is 0 Å². The third-order valence-corrected chi connectivity index (χ3v) is 4.14. The molecule has 0 aromatic heterocycles. The van der Waals surface area contributed by atoms with Gasteiger partial charge in [0.05, 0.1) is 19.8 Å². The van der Waals surface area contributed by atoms with E-state index in [1.54, 1.807) is 12.1 Å². The monoisotopic (exact) mass is 351 g/mol. The molecule has 1 aliphatic carbocycles. The van der Waals surface area contributed by atoms with Crippen LogP contribution in [0.4, 0.5) is 0 Å². The Labute approximate surface area is 147 Å². The second kappa shape index (κ2) is 8.09. The highest BCUT2D eigenvalue weighted by atomic mass is 16.5. The van der Waals surface area contributed by atoms with Gasteiger partial charge in [0.1, 0.15) is 5.54 Å². The maximum atomic E-state index is 12.6. The molecule has 0 radical (unpaired) electrons. The van der Waals surface area contributed by atoms with Crippen LogP contribution in [0.5, 0.6) is 17.2 Å². The summed E-state index contributed by atoms with van der Waals surface area (Å²) in [5.74, 6) is -0.226. The number of carboxylic acids is 1. The minimum atomic E-state index is -1.17. The number of aliphatic carboxylic acids is 1. The first kappa shape index (κ1) is 18.9. The van der Waals surface area contributed by atoms with Crippen molar-refractivity contribution in [3.8, 4) is 17.2 Å². The molecule has 0 aliphatic heterocycles. The molecule has 1 aliphatic rings. The van der Waals surface area contributed by atoms with Crippen LogP contribution < -0.4 is 19.5 Å². The Balaban J connectivity index is 2.35. The summed E-state index contributed by atoms with van der Waals surface area (Å²) in [6.45, 7) is 6.73. The Morgan fingerprint density at radius 3 is 1.92 bits per heavy atom. The lowest BCUT2D eigenvalue weighted by molar-refractivity contribution is -0.148. The van der Waals surface area contributed by atoms with E-state index in [1.165, 1.54) is 0 Å². The fourth-order valence-electron chi connectivity index (χ4n) is 2.73. The third kappa shape index (κ3) is 3.97. The molecule has 1 saturated carbocycles. The van der Waals surface area contributed by atoms with Crippen LogP contribution in [0.25, 0.3) is 0 Å². The van der Waals surface area contributed by atoms with Crippen LogP contribution in [-0.2, 0) is 4.79 Å². The highest BCUT2D eigenvalue weighted by molar-refractivity contribution is 5.99. The number of amides is 1. The number of benzene rings is 1. The fraction of sp³-hybridized carbons (Fsp3) is 0.556. The molecule has 7 heteroatoms. The topological polar surface area (TPSA) is 94.1 Å². The third-order valence-electron chi connectivity index (χ3n) is 4.14. The zero-order valence-electron chi connectivity index (χ0n) is 14.9. The van der Waals surface area contributed by atoms with Crippen molar-refractivity contribution in [2.45, 2.75) is 45.6 Å². The molecule has 1 aromatic rings. The zero-order valence-corrected chi connectivity index (χ0v) is 14.9. The van der Waals surface area contributed by atoms with Gasteiger partial charge in [0.2, 0.25) is 5.75 Å². The van der Waals surface area contributed by atoms with E-state index in [-0.39, 0.29) is 5.56 Å². The Kier molecular flexibility index (Phi) is 6.12. The lowest BCUT2D eigenvalue weighted by Gasteiger charge is -2.38. The van der Waals surface area contributed by atoms with E-state index in [4.69, 9.17) is 14.2 Å². The van der Waals surface area contributed by atoms with Gasteiger partial charge in [0.25, 0.3) is 5.91 Å². The average Bonchev–Trinajstić information content (AvgIpc) is 2.53. The van der Waals surface area contributed by atoms with Crippen molar-refractivity contribution in [2.75, 3.05) is 19.8 Å². The Morgan fingerprint density at radius 2 is 1.56 bits per heavy atom. The van der Waals surface area contributed by atoms with E-state index in [2.05, 4.69) is 5.32 Å². The Morgan fingerprint density at radius 1 is 1.04 bits per heavy atom. The van der Waals surface area contributed by atoms with Gasteiger partial charge in [-0.2, -0.15) is 0 Å². The van der Waals surface area contributed by atoms with Gasteiger partial charge >= 0.3 is 5.97 Å². The number of rotatable bonds is 9. The van der Waals surface area contributed by atoms with E-state index in [9.17, 15) is 14.7 Å². The molecule has 0 atom stereocenters. The summed E-state index contributed by atoms with van der Waals surface area (Å²) >= 11 is 0. The smallest absolute Gasteiger partial charge is 0.329 e. The highest BCUT2D eigenvalue weighted by Crippen LogP contribution is 2.39. The van der Waals surface area contributed by atoms with Gasteiger partial charge in [-0.05, 0) is 52.2 Å². The number of ether oxygens (including phenoxy) is 3. The van der Waals surface area contributed by atoms with Crippen LogP contribution in [0, 0.1) is 0 Å². The Bertz CT molecular complexity index is 611. The molecule has 0 unspecified atom stereocenters. The summed E-state index contributed by atoms with van der Waals surface area (Å²) < 4.78 is 16.8. The van der Waals surface area contributed by atoms with Crippen molar-refractivity contribution >= 4 is 11.9 Å². The SMILES string of the molecule is CCOc1cc(C(=O)NC2(C(=O)O)CCC2)cc(OCC)c1OCC. The van der Waals surface area contributed by atoms with E-state index in [1.807, 2.05) is 20.8 Å². The molecule has 0 saturated heterocycles. The number of nitrogens with one attached hydrogen (secondary N) is 1. The predicted molar refractivity (Wildman–Crippen MR) is 91.6 cm³/mol. The highest BCUT2D eigenvalue weighted by Gasteiger charge is 2.45. The fourth-order valence-corrected chi connectivity index (χ4v) is 2.73. The largest absolute Gasteiger partial charge is 0.490 e. The van der Waals surface area contributed by atoms with Crippen molar-refractivity contribution in [2.24, 2.45) is 0 Å². The lowest BCUT2D eigenvalue weighted by Crippen LogP contribution is -2.59. The summed E-state index contributed by atoms with van der Waals surface area (Å²) in [5.41, 5.74) is -0.893. The van der Waals surface area contributed by atoms with Crippen molar-refractivity contribution in [3.63, 3.8) is 0 Å². The molecule has 25 heavy (non-hydrogen) atoms. The van der Waals surface area contributed by atoms with Gasteiger partial charge in [0, 0.05) is 5.56 Å². The molecule has 2 N–H and O–H groups in total. The second-order valence-corrected chi connectivity index (χ2v) is 5.80. The molecule has 138 valence electrons. The maximum absolute atomic E-state index is 12.6. The summed E-state index contributed by atoms with van der Waals surface area (Å²) in [7, 11) is 0. The molecule has 0 heterocycles. The number of carboxylic acid groups (broad SMARTS) is 1. The van der Waals surface area contributed by atoms with Gasteiger partial charge in [-0.25, -0.2) is 4.79 Å². The van der Waals surface area contributed by atoms with Crippen molar-refractivity contribution in [1.82, 2.24) is 5.32 Å². The summed E-state index contributed by atoms with van der Waals surface area (Å²) in [4.78, 5) is 24.1. The van der Waals surface area contributed by atoms with Crippen LogP contribution >= 0.6 is 0 Å². The van der Waals surface area contributed by atoms with E-state index in [0.29, 0.717) is 49.9 Å². The Hall–Kier alpha value is -2.44. The van der Waals surface area contributed by atoms with Gasteiger partial charge in [0.15, 0.2) is 11.5 Å². The predicted octanol–water partition coefficient (Wildman–Crippen LogP) is 2.62. The standard InChI is InChI=1S/C18H25NO6/c1-4-23-13-10-12(11-14(24-5-2)15(13)25-6-3)16(20)19-18(17(21)22)8-7-9-18/h10-11H,4-9H2,1-3H3,(H,19,20)(H,21,22). The molecule has 2 rings (SSSR count). The van der Waals surface area contributed by atoms with Crippen molar-refractivity contribution in [1.29, 1.82) is 0 Å². The van der Waals surface area contributed by atoms with Gasteiger partial charge in [-0.3, -0.25) is 4.79 Å². The van der Waals surface area contributed by atoms with Crippen LogP contribution in [0.2, 0.25) is 0 Å². The minimum absolute atomic E-state index is 0.280. The maximum Gasteiger partial charge on any atom is 0.329 e. The molecule has 0 bridgehead atoms. The molecular formula is C18H25NO6. The lowest BCUT2D eigenvalue weighted by atomic mass is 9.76. The van der Waals surface area contributed by atoms with E-state index < -0.39 is 17.4 Å². The van der Waals surface area contributed by atoms with Crippen molar-refractivity contribution < 1.29 is 28.9 Å². The summed E-state index contributed by atoms with van der Waals surface area (Å²) in [6, 6.07) is 3.11. The van der Waals surface area contributed by atoms with Gasteiger partial charge < -0.3 is 24.6 Å². The first-order chi connectivity index (χ1) is 12.0. The van der Waals surface area contributed by atoms with Crippen LogP contribution in [0.3, 0.4) is 0 Å². The average molecular weight is 351 g/mol. The van der Waals surface area contributed by atoms with Crippen LogP contribution in [-0.4, -0.2) is 42.3 Å².